The zero-order valence-electron chi connectivity index (χ0n) is 12.1. The van der Waals surface area contributed by atoms with Crippen LogP contribution < -0.4 is 0 Å². The molecule has 0 radical (unpaired) electrons. The molecule has 0 spiro atoms. The van der Waals surface area contributed by atoms with Crippen molar-refractivity contribution in [3.05, 3.63) is 40.1 Å². The Morgan fingerprint density at radius 3 is 2.00 bits per heavy atom. The lowest BCUT2D eigenvalue weighted by molar-refractivity contribution is -0.151. The van der Waals surface area contributed by atoms with Crippen molar-refractivity contribution in [3.63, 3.8) is 0 Å². The van der Waals surface area contributed by atoms with Gasteiger partial charge in [-0.1, -0.05) is 29.5 Å². The standard InChI is InChI=1S/C15H15F3O2S/c1-7-5-8(2)10(9(3)6-7)11-12(19)14(4,15(16,17)18)21-13(11)20/h5-6,19H,1-4H3. The van der Waals surface area contributed by atoms with Gasteiger partial charge in [-0.2, -0.15) is 13.2 Å². The molecule has 0 saturated heterocycles. The summed E-state index contributed by atoms with van der Waals surface area (Å²) in [7, 11) is 0. The molecular weight excluding hydrogens is 301 g/mol. The fourth-order valence-electron chi connectivity index (χ4n) is 2.61. The molecule has 0 saturated carbocycles. The highest BCUT2D eigenvalue weighted by molar-refractivity contribution is 8.16. The molecule has 0 aromatic heterocycles. The van der Waals surface area contributed by atoms with Gasteiger partial charge < -0.3 is 5.11 Å². The van der Waals surface area contributed by atoms with Crippen molar-refractivity contribution in [1.29, 1.82) is 0 Å². The Morgan fingerprint density at radius 2 is 1.62 bits per heavy atom. The first-order valence-electron chi connectivity index (χ1n) is 6.31. The van der Waals surface area contributed by atoms with Crippen LogP contribution in [0.3, 0.4) is 0 Å². The molecule has 1 aromatic rings. The Morgan fingerprint density at radius 1 is 1.14 bits per heavy atom. The Kier molecular flexibility index (Phi) is 3.64. The van der Waals surface area contributed by atoms with E-state index < -0.39 is 21.8 Å². The van der Waals surface area contributed by atoms with E-state index >= 15 is 0 Å². The molecule has 1 unspecified atom stereocenters. The van der Waals surface area contributed by atoms with Crippen LogP contribution in [-0.4, -0.2) is 21.1 Å². The summed E-state index contributed by atoms with van der Waals surface area (Å²) in [6.07, 6.45) is -4.70. The third-order valence-corrected chi connectivity index (χ3v) is 4.88. The Labute approximate surface area is 125 Å². The monoisotopic (exact) mass is 316 g/mol. The van der Waals surface area contributed by atoms with E-state index in [1.165, 1.54) is 0 Å². The second-order valence-corrected chi connectivity index (χ2v) is 6.81. The van der Waals surface area contributed by atoms with E-state index in [-0.39, 0.29) is 17.3 Å². The van der Waals surface area contributed by atoms with E-state index in [4.69, 9.17) is 0 Å². The van der Waals surface area contributed by atoms with Gasteiger partial charge in [-0.05, 0) is 44.4 Å². The topological polar surface area (TPSA) is 37.3 Å². The van der Waals surface area contributed by atoms with Gasteiger partial charge in [0.15, 0.2) is 4.75 Å². The van der Waals surface area contributed by atoms with Gasteiger partial charge in [0.25, 0.3) is 0 Å². The van der Waals surface area contributed by atoms with E-state index in [0.717, 1.165) is 12.5 Å². The molecular formula is C15H15F3O2S. The second-order valence-electron chi connectivity index (χ2n) is 5.42. The fraction of sp³-hybridized carbons (Fsp3) is 0.400. The number of aliphatic hydroxyl groups excluding tert-OH is 1. The number of thioether (sulfide) groups is 1. The SMILES string of the molecule is Cc1cc(C)c(C2=C(O)C(C)(C(F)(F)F)SC2=O)c(C)c1. The van der Waals surface area contributed by atoms with Crippen LogP contribution in [0.5, 0.6) is 0 Å². The van der Waals surface area contributed by atoms with Crippen molar-refractivity contribution in [2.45, 2.75) is 38.6 Å². The highest BCUT2D eigenvalue weighted by atomic mass is 32.2. The molecule has 0 bridgehead atoms. The summed E-state index contributed by atoms with van der Waals surface area (Å²) >= 11 is 0.119. The summed E-state index contributed by atoms with van der Waals surface area (Å²) in [5, 5.41) is 9.36. The molecule has 1 N–H and O–H groups in total. The van der Waals surface area contributed by atoms with Crippen LogP contribution in [0.4, 0.5) is 13.2 Å². The molecule has 1 aromatic carbocycles. The summed E-state index contributed by atoms with van der Waals surface area (Å²) in [5.74, 6) is -0.903. The first-order valence-corrected chi connectivity index (χ1v) is 7.12. The average molecular weight is 316 g/mol. The first kappa shape index (κ1) is 15.9. The number of halogens is 3. The molecule has 1 aliphatic rings. The summed E-state index contributed by atoms with van der Waals surface area (Å²) in [6.45, 7) is 6.13. The lowest BCUT2D eigenvalue weighted by Gasteiger charge is -2.25. The highest BCUT2D eigenvalue weighted by Gasteiger charge is 2.61. The number of aliphatic hydroxyl groups is 1. The zero-order chi connectivity index (χ0) is 16.2. The Hall–Kier alpha value is -1.43. The molecule has 6 heteroatoms. The quantitative estimate of drug-likeness (QED) is 0.830. The van der Waals surface area contributed by atoms with Crippen molar-refractivity contribution in [1.82, 2.24) is 0 Å². The largest absolute Gasteiger partial charge is 0.510 e. The van der Waals surface area contributed by atoms with Crippen LogP contribution in [-0.2, 0) is 4.79 Å². The van der Waals surface area contributed by atoms with Crippen LogP contribution in [0.25, 0.3) is 5.57 Å². The molecule has 0 amide bonds. The minimum absolute atomic E-state index is 0.119. The van der Waals surface area contributed by atoms with Crippen molar-refractivity contribution < 1.29 is 23.1 Å². The van der Waals surface area contributed by atoms with Crippen LogP contribution in [0.1, 0.15) is 29.2 Å². The minimum atomic E-state index is -4.70. The lowest BCUT2D eigenvalue weighted by Crippen LogP contribution is -2.39. The van der Waals surface area contributed by atoms with Crippen molar-refractivity contribution >= 4 is 22.5 Å². The molecule has 21 heavy (non-hydrogen) atoms. The lowest BCUT2D eigenvalue weighted by atomic mass is 9.91. The number of hydrogen-bond donors (Lipinski definition) is 1. The predicted molar refractivity (Wildman–Crippen MR) is 77.3 cm³/mol. The zero-order valence-corrected chi connectivity index (χ0v) is 12.9. The fourth-order valence-corrected chi connectivity index (χ4v) is 3.59. The number of carbonyl (C=O) groups excluding carboxylic acids is 1. The van der Waals surface area contributed by atoms with E-state index in [9.17, 15) is 23.1 Å². The molecule has 2 nitrogen and oxygen atoms in total. The molecule has 1 heterocycles. The number of alkyl halides is 3. The van der Waals surface area contributed by atoms with Gasteiger partial charge in [0.05, 0.1) is 5.57 Å². The third-order valence-electron chi connectivity index (χ3n) is 3.66. The number of benzene rings is 1. The van der Waals surface area contributed by atoms with Crippen LogP contribution in [0, 0.1) is 20.8 Å². The van der Waals surface area contributed by atoms with Crippen LogP contribution in [0.2, 0.25) is 0 Å². The van der Waals surface area contributed by atoms with Gasteiger partial charge in [-0.15, -0.1) is 0 Å². The van der Waals surface area contributed by atoms with E-state index in [2.05, 4.69) is 0 Å². The third kappa shape index (κ3) is 2.35. The smallest absolute Gasteiger partial charge is 0.410 e. The molecule has 2 rings (SSSR count). The van der Waals surface area contributed by atoms with Crippen molar-refractivity contribution in [2.75, 3.05) is 0 Å². The number of hydrogen-bond acceptors (Lipinski definition) is 3. The van der Waals surface area contributed by atoms with Gasteiger partial charge in [-0.25, -0.2) is 0 Å². The number of carbonyl (C=O) groups is 1. The maximum Gasteiger partial charge on any atom is 0.410 e. The van der Waals surface area contributed by atoms with Crippen LogP contribution in [0.15, 0.2) is 17.9 Å². The Balaban J connectivity index is 2.72. The van der Waals surface area contributed by atoms with Gasteiger partial charge in [-0.3, -0.25) is 4.79 Å². The van der Waals surface area contributed by atoms with Gasteiger partial charge in [0.2, 0.25) is 5.12 Å². The summed E-state index contributed by atoms with van der Waals surface area (Å²) in [6, 6.07) is 3.56. The normalized spacial score (nSPS) is 23.1. The minimum Gasteiger partial charge on any atom is -0.510 e. The molecule has 0 aliphatic carbocycles. The molecule has 1 atom stereocenters. The van der Waals surface area contributed by atoms with Gasteiger partial charge in [0, 0.05) is 0 Å². The van der Waals surface area contributed by atoms with Crippen molar-refractivity contribution in [2.24, 2.45) is 0 Å². The highest BCUT2D eigenvalue weighted by Crippen LogP contribution is 2.54. The predicted octanol–water partition coefficient (Wildman–Crippen LogP) is 4.48. The summed E-state index contributed by atoms with van der Waals surface area (Å²) in [4.78, 5) is 12.1. The van der Waals surface area contributed by atoms with Gasteiger partial charge >= 0.3 is 6.18 Å². The van der Waals surface area contributed by atoms with E-state index in [1.807, 2.05) is 6.92 Å². The summed E-state index contributed by atoms with van der Waals surface area (Å²) in [5.41, 5.74) is 2.47. The van der Waals surface area contributed by atoms with Gasteiger partial charge in [0.1, 0.15) is 5.76 Å². The molecule has 114 valence electrons. The van der Waals surface area contributed by atoms with E-state index in [1.54, 1.807) is 26.0 Å². The number of aryl methyl sites for hydroxylation is 3. The molecule has 1 aliphatic heterocycles. The Bertz CT molecular complexity index is 638. The van der Waals surface area contributed by atoms with Crippen LogP contribution >= 0.6 is 11.8 Å². The number of rotatable bonds is 1. The second kappa shape index (κ2) is 4.80. The maximum atomic E-state index is 13.2. The average Bonchev–Trinajstić information content (AvgIpc) is 2.51. The molecule has 0 fully saturated rings. The summed E-state index contributed by atoms with van der Waals surface area (Å²) < 4.78 is 36.9. The van der Waals surface area contributed by atoms with Crippen molar-refractivity contribution in [3.8, 4) is 0 Å². The first-order chi connectivity index (χ1) is 9.49. The van der Waals surface area contributed by atoms with E-state index in [0.29, 0.717) is 16.7 Å². The maximum absolute atomic E-state index is 13.2.